The lowest BCUT2D eigenvalue weighted by atomic mass is 9.71. The summed E-state index contributed by atoms with van der Waals surface area (Å²) in [5.41, 5.74) is -10.1. The van der Waals surface area contributed by atoms with E-state index >= 15 is 0 Å². The lowest BCUT2D eigenvalue weighted by molar-refractivity contribution is -0.290. The highest BCUT2D eigenvalue weighted by molar-refractivity contribution is 7.86. The molecule has 0 radical (unpaired) electrons. The molecule has 4 N–H and O–H groups in total. The number of rotatable bonds is 28. The lowest BCUT2D eigenvalue weighted by Crippen LogP contribution is -2.54. The molecule has 0 amide bonds. The van der Waals surface area contributed by atoms with Crippen molar-refractivity contribution in [3.63, 3.8) is 0 Å². The third-order valence-corrected chi connectivity index (χ3v) is 23.9. The summed E-state index contributed by atoms with van der Waals surface area (Å²) in [5.74, 6) is -1.11. The Morgan fingerprint density at radius 3 is 0.715 bits per heavy atom. The molecule has 144 heavy (non-hydrogen) atoms. The maximum atomic E-state index is 14.8. The van der Waals surface area contributed by atoms with Crippen LogP contribution in [0, 0.1) is 5.82 Å². The van der Waals surface area contributed by atoms with Crippen molar-refractivity contribution in [2.24, 2.45) is 0 Å². The molecule has 15 aromatic rings. The van der Waals surface area contributed by atoms with Gasteiger partial charge >= 0.3 is 45.9 Å². The molecule has 0 heterocycles. The van der Waals surface area contributed by atoms with Crippen molar-refractivity contribution in [3.05, 3.63) is 447 Å². The van der Waals surface area contributed by atoms with E-state index in [0.29, 0.717) is 52.8 Å². The minimum absolute atomic E-state index is 0.00847. The van der Waals surface area contributed by atoms with E-state index in [9.17, 15) is 112 Å². The first kappa shape index (κ1) is 106. The van der Waals surface area contributed by atoms with Crippen molar-refractivity contribution in [2.45, 2.75) is 57.7 Å². The molecule has 0 aromatic heterocycles. The molecular formula is C103H69F13O24S4. The Morgan fingerprint density at radius 2 is 0.479 bits per heavy atom. The second kappa shape index (κ2) is 43.7. The van der Waals surface area contributed by atoms with Crippen LogP contribution in [-0.4, -0.2) is 116 Å². The lowest BCUT2D eigenvalue weighted by Gasteiger charge is -2.38. The van der Waals surface area contributed by atoms with Gasteiger partial charge in [-0.3, -0.25) is 28.3 Å². The van der Waals surface area contributed by atoms with Gasteiger partial charge in [0.1, 0.15) is 85.5 Å². The number of halogens is 13. The summed E-state index contributed by atoms with van der Waals surface area (Å²) in [4.78, 5) is 50.9. The van der Waals surface area contributed by atoms with E-state index in [-0.39, 0.29) is 95.6 Å². The Labute approximate surface area is 812 Å². The fourth-order valence-electron chi connectivity index (χ4n) is 15.1. The van der Waals surface area contributed by atoms with Gasteiger partial charge in [0.05, 0.1) is 12.0 Å². The van der Waals surface area contributed by atoms with Gasteiger partial charge in [-0.1, -0.05) is 97.1 Å². The van der Waals surface area contributed by atoms with Crippen molar-refractivity contribution < 1.29 is 166 Å². The largest absolute Gasteiger partial charge is 0.508 e. The maximum Gasteiger partial charge on any atom is 0.425 e. The number of hydrogen-bond acceptors (Lipinski definition) is 22. The van der Waals surface area contributed by atoms with Crippen LogP contribution in [0.15, 0.2) is 368 Å². The van der Waals surface area contributed by atoms with Gasteiger partial charge in [-0.25, -0.2) is 4.39 Å². The molecule has 15 rings (SSSR count). The molecule has 0 spiro atoms. The highest BCUT2D eigenvalue weighted by Crippen LogP contribution is 2.59. The van der Waals surface area contributed by atoms with Crippen LogP contribution < -0.4 is 28.4 Å². The number of aromatic hydroxyl groups is 2. The fraction of sp³-hybridized carbons (Fsp3) is 0.0874. The van der Waals surface area contributed by atoms with Crippen molar-refractivity contribution >= 4 is 64.6 Å². The van der Waals surface area contributed by atoms with Gasteiger partial charge in [0.25, 0.3) is 20.2 Å². The maximum absolute atomic E-state index is 14.8. The van der Waals surface area contributed by atoms with Crippen molar-refractivity contribution in [2.75, 3.05) is 7.11 Å². The van der Waals surface area contributed by atoms with Crippen molar-refractivity contribution in [1.82, 2.24) is 0 Å². The van der Waals surface area contributed by atoms with Crippen LogP contribution in [0.5, 0.6) is 74.7 Å². The van der Waals surface area contributed by atoms with E-state index < -0.39 is 138 Å². The average Bonchev–Trinajstić information content (AvgIpc) is 0.717. The van der Waals surface area contributed by atoms with Crippen LogP contribution in [0.1, 0.15) is 110 Å². The molecule has 15 aromatic carbocycles. The smallest absolute Gasteiger partial charge is 0.425 e. The van der Waals surface area contributed by atoms with Gasteiger partial charge in [-0.2, -0.15) is 69.5 Å². The van der Waals surface area contributed by atoms with Gasteiger partial charge < -0.3 is 38.6 Å². The van der Waals surface area contributed by atoms with Gasteiger partial charge in [0, 0.05) is 49.9 Å². The van der Waals surface area contributed by atoms with E-state index in [1.165, 1.54) is 110 Å². The fourth-order valence-corrected chi connectivity index (χ4v) is 16.2. The normalized spacial score (nSPS) is 12.1. The summed E-state index contributed by atoms with van der Waals surface area (Å²) < 4.78 is 339. The number of alkyl halides is 12. The van der Waals surface area contributed by atoms with Crippen LogP contribution in [0.2, 0.25) is 0 Å². The number of ketones is 4. The SMILES string of the molecule is COc1ccc(C(c2ccc(Oc3ccc(C(=O)c4ccc(Oc5ccc(C(C)(c6ccc(O)cc6)c6ccc(Oc7ccc(C(=O)c8cccc(S(=O)(=O)O)c8)cc7)cc6)cc5)cc4)cc3)cc2)(C(F)(F)F)C(F)(F)F)cc1.O=C(c1ccc(F)cc1)c1ccc(Oc2ccc(C(c3ccc(Oc4ccc(C(=O)c5ccc(O)c(S(=O)(=O)O)c5)cc4)cc3)(C(F)(F)F)C(F)(F)F)cc2)cc1.O=S(=O)=O.O=S(=O)=O. The Kier molecular flexibility index (Phi) is 32.3. The molecule has 0 aliphatic rings. The topological polar surface area (TPSA) is 375 Å². The van der Waals surface area contributed by atoms with E-state index in [4.69, 9.17) is 53.7 Å². The third-order valence-electron chi connectivity index (χ3n) is 22.2. The minimum Gasteiger partial charge on any atom is -0.508 e. The van der Waals surface area contributed by atoms with Crippen LogP contribution in [0.25, 0.3) is 0 Å². The molecule has 0 bridgehead atoms. The van der Waals surface area contributed by atoms with E-state index in [2.05, 4.69) is 0 Å². The highest BCUT2D eigenvalue weighted by Gasteiger charge is 2.74. The Hall–Kier alpha value is -16.5. The number of carbonyl (C=O) groups is 4. The quantitative estimate of drug-likeness (QED) is 0.0153. The molecule has 1 atom stereocenters. The zero-order valence-corrected chi connectivity index (χ0v) is 76.8. The average molecular weight is 2070 g/mol. The minimum atomic E-state index is -5.88. The third kappa shape index (κ3) is 24.7. The summed E-state index contributed by atoms with van der Waals surface area (Å²) in [7, 11) is -14.3. The van der Waals surface area contributed by atoms with E-state index in [0.717, 1.165) is 126 Å². The van der Waals surface area contributed by atoms with Gasteiger partial charge in [0.2, 0.25) is 10.8 Å². The van der Waals surface area contributed by atoms with Crippen LogP contribution in [0.4, 0.5) is 57.1 Å². The zero-order chi connectivity index (χ0) is 105. The van der Waals surface area contributed by atoms with E-state index in [1.807, 2.05) is 55.5 Å². The molecule has 740 valence electrons. The number of ether oxygens (including phenoxy) is 6. The van der Waals surface area contributed by atoms with Gasteiger partial charge in [0.15, 0.2) is 23.1 Å². The molecule has 0 saturated heterocycles. The summed E-state index contributed by atoms with van der Waals surface area (Å²) in [5, 5.41) is 19.9. The standard InChI is InChI=1S/C62H44F6O10S.C41H25F7O8S.2O3S/c1-59(43-12-22-48(69)23-13-43,45-16-34-54(35-17-45)77-52-28-10-41(11-29-52)58(71)42-4-3-5-56(38-42)79(72,73)74)44-14-32-53(33-15-44)76-50-24-6-39(7-25-50)57(70)40-8-26-51(27-9-40)78-55-36-20-47(21-37-55)60(61(63,64)65,62(66,67)68)46-18-30-49(75-2)31-19-46;42-30-12-1-24(2-13-30)37(50)25-3-14-31(15-4-25)55-33-18-8-28(9-19-33)39(40(43,44)45,41(46,47)48)29-10-20-34(21-11-29)56-32-16-5-26(6-17-32)38(51)27-7-22-35(49)36(23-27)57(52,53)54;2*1-4(2)3/h3-38,69H,1-2H3,(H,72,73,74);1-23,49H,(H,52,53,54);;. The summed E-state index contributed by atoms with van der Waals surface area (Å²) >= 11 is 0. The molecule has 1 unspecified atom stereocenters. The number of methoxy groups -OCH3 is 1. The van der Waals surface area contributed by atoms with E-state index in [1.54, 1.807) is 72.8 Å². The number of benzene rings is 15. The second-order valence-corrected chi connectivity index (χ2v) is 34.7. The second-order valence-electron chi connectivity index (χ2n) is 31.0. The first-order chi connectivity index (χ1) is 67.8. The van der Waals surface area contributed by atoms with Gasteiger partial charge in [-0.05, 0) is 307 Å². The first-order valence-electron chi connectivity index (χ1n) is 41.3. The Balaban J connectivity index is 0.000000250. The first-order valence-corrected chi connectivity index (χ1v) is 46.2. The zero-order valence-electron chi connectivity index (χ0n) is 73.6. The molecular weight excluding hydrogens is 2000 g/mol. The van der Waals surface area contributed by atoms with Crippen molar-refractivity contribution in [1.29, 1.82) is 0 Å². The van der Waals surface area contributed by atoms with Crippen LogP contribution in [-0.2, 0) is 57.7 Å². The van der Waals surface area contributed by atoms with Crippen LogP contribution >= 0.6 is 0 Å². The summed E-state index contributed by atoms with van der Waals surface area (Å²) in [6.07, 6.45) is -23.3. The monoisotopic (exact) mass is 2060 g/mol. The predicted molar refractivity (Wildman–Crippen MR) is 491 cm³/mol. The molecule has 24 nitrogen and oxygen atoms in total. The molecule has 41 heteroatoms. The Morgan fingerprint density at radius 1 is 0.271 bits per heavy atom. The number of phenolic OH excluding ortho intramolecular Hbond substituents is 2. The summed E-state index contributed by atoms with van der Waals surface area (Å²) in [6.45, 7) is 2.04. The molecule has 0 saturated carbocycles. The number of hydrogen-bond donors (Lipinski definition) is 4. The summed E-state index contributed by atoms with van der Waals surface area (Å²) in [6, 6.07) is 77.1. The molecule has 0 fully saturated rings. The van der Waals surface area contributed by atoms with Gasteiger partial charge in [-0.15, -0.1) is 25.3 Å². The highest BCUT2D eigenvalue weighted by atomic mass is 32.2. The van der Waals surface area contributed by atoms with Crippen molar-refractivity contribution in [3.8, 4) is 74.7 Å². The number of carbonyl (C=O) groups excluding carboxylic acids is 4. The van der Waals surface area contributed by atoms with Crippen LogP contribution in [0.3, 0.4) is 0 Å². The molecule has 0 aliphatic carbocycles. The molecule has 0 aliphatic heterocycles. The Bertz CT molecular complexity index is 7610. The number of phenols is 2. The predicted octanol–water partition coefficient (Wildman–Crippen LogP) is 23.5.